The number of aromatic nitrogens is 2. The van der Waals surface area contributed by atoms with Gasteiger partial charge in [0.2, 0.25) is 0 Å². The SMILES string of the molecule is COc1ccccc1-c1nc2cc(F)c(F)cc2n1CCO. The maximum absolute atomic E-state index is 13.5. The topological polar surface area (TPSA) is 47.3 Å². The molecule has 22 heavy (non-hydrogen) atoms. The molecule has 0 spiro atoms. The fourth-order valence-corrected chi connectivity index (χ4v) is 2.48. The standard InChI is InChI=1S/C16H14F2N2O2/c1-22-15-5-3-2-4-10(15)16-19-13-8-11(17)12(18)9-14(13)20(16)6-7-21/h2-5,8-9,21H,6-7H2,1H3. The lowest BCUT2D eigenvalue weighted by molar-refractivity contribution is 0.278. The highest BCUT2D eigenvalue weighted by Crippen LogP contribution is 2.32. The average molecular weight is 304 g/mol. The van der Waals surface area contributed by atoms with Crippen LogP contribution in [0.1, 0.15) is 0 Å². The van der Waals surface area contributed by atoms with Gasteiger partial charge in [-0.15, -0.1) is 0 Å². The maximum Gasteiger partial charge on any atom is 0.161 e. The molecule has 0 saturated heterocycles. The van der Waals surface area contributed by atoms with Crippen LogP contribution in [0.3, 0.4) is 0 Å². The first-order valence-corrected chi connectivity index (χ1v) is 6.75. The summed E-state index contributed by atoms with van der Waals surface area (Å²) >= 11 is 0. The number of fused-ring (bicyclic) bond motifs is 1. The lowest BCUT2D eigenvalue weighted by Gasteiger charge is -2.10. The van der Waals surface area contributed by atoms with E-state index < -0.39 is 11.6 Å². The maximum atomic E-state index is 13.5. The van der Waals surface area contributed by atoms with E-state index in [4.69, 9.17) is 4.74 Å². The molecule has 1 N–H and O–H groups in total. The lowest BCUT2D eigenvalue weighted by Crippen LogP contribution is -2.05. The minimum Gasteiger partial charge on any atom is -0.496 e. The number of hydrogen-bond donors (Lipinski definition) is 1. The van der Waals surface area contributed by atoms with Crippen LogP contribution in [0.15, 0.2) is 36.4 Å². The molecule has 0 amide bonds. The van der Waals surface area contributed by atoms with Crippen LogP contribution < -0.4 is 4.74 Å². The molecule has 3 rings (SSSR count). The van der Waals surface area contributed by atoms with E-state index in [9.17, 15) is 13.9 Å². The van der Waals surface area contributed by atoms with Crippen molar-refractivity contribution in [2.45, 2.75) is 6.54 Å². The quantitative estimate of drug-likeness (QED) is 0.806. The van der Waals surface area contributed by atoms with E-state index in [1.807, 2.05) is 12.1 Å². The first kappa shape index (κ1) is 14.5. The van der Waals surface area contributed by atoms with Crippen molar-refractivity contribution in [3.05, 3.63) is 48.0 Å². The predicted octanol–water partition coefficient (Wildman–Crippen LogP) is 2.98. The van der Waals surface area contributed by atoms with Gasteiger partial charge in [0.1, 0.15) is 11.6 Å². The molecule has 1 heterocycles. The minimum atomic E-state index is -0.951. The molecule has 0 fully saturated rings. The number of aliphatic hydroxyl groups excluding tert-OH is 1. The molecule has 4 nitrogen and oxygen atoms in total. The minimum absolute atomic E-state index is 0.146. The van der Waals surface area contributed by atoms with Gasteiger partial charge in [0.05, 0.1) is 30.3 Å². The fourth-order valence-electron chi connectivity index (χ4n) is 2.48. The number of ether oxygens (including phenoxy) is 1. The molecule has 1 aromatic heterocycles. The molecule has 2 aromatic carbocycles. The Bertz CT molecular complexity index is 830. The van der Waals surface area contributed by atoms with Gasteiger partial charge in [0.25, 0.3) is 0 Å². The number of benzene rings is 2. The molecule has 6 heteroatoms. The lowest BCUT2D eigenvalue weighted by atomic mass is 10.2. The number of imidazole rings is 1. The Hall–Kier alpha value is -2.47. The summed E-state index contributed by atoms with van der Waals surface area (Å²) in [6.45, 7) is 0.0710. The molecule has 0 atom stereocenters. The van der Waals surface area contributed by atoms with Gasteiger partial charge in [0.15, 0.2) is 11.6 Å². The van der Waals surface area contributed by atoms with Gasteiger partial charge in [-0.1, -0.05) is 12.1 Å². The van der Waals surface area contributed by atoms with Crippen LogP contribution in [-0.4, -0.2) is 28.4 Å². The molecule has 0 bridgehead atoms. The monoisotopic (exact) mass is 304 g/mol. The van der Waals surface area contributed by atoms with Crippen molar-refractivity contribution in [1.29, 1.82) is 0 Å². The molecular weight excluding hydrogens is 290 g/mol. The van der Waals surface area contributed by atoms with Gasteiger partial charge < -0.3 is 14.4 Å². The molecular formula is C16H14F2N2O2. The summed E-state index contributed by atoms with van der Waals surface area (Å²) in [5.41, 5.74) is 1.44. The molecule has 3 aromatic rings. The number of hydrogen-bond acceptors (Lipinski definition) is 3. The van der Waals surface area contributed by atoms with Gasteiger partial charge in [-0.05, 0) is 12.1 Å². The van der Waals surface area contributed by atoms with Gasteiger partial charge in [-0.25, -0.2) is 13.8 Å². The van der Waals surface area contributed by atoms with Crippen molar-refractivity contribution >= 4 is 11.0 Å². The summed E-state index contributed by atoms with van der Waals surface area (Å²) < 4.78 is 33.9. The number of halogens is 2. The van der Waals surface area contributed by atoms with Crippen molar-refractivity contribution in [2.75, 3.05) is 13.7 Å². The number of methoxy groups -OCH3 is 1. The van der Waals surface area contributed by atoms with Crippen molar-refractivity contribution < 1.29 is 18.6 Å². The van der Waals surface area contributed by atoms with E-state index in [0.29, 0.717) is 28.2 Å². The number of aliphatic hydroxyl groups is 1. The third kappa shape index (κ3) is 2.31. The number of para-hydroxylation sites is 1. The molecule has 114 valence electrons. The van der Waals surface area contributed by atoms with Crippen LogP contribution in [0.4, 0.5) is 8.78 Å². The first-order chi connectivity index (χ1) is 10.7. The predicted molar refractivity (Wildman–Crippen MR) is 78.7 cm³/mol. The first-order valence-electron chi connectivity index (χ1n) is 6.75. The van der Waals surface area contributed by atoms with E-state index in [1.54, 1.807) is 16.7 Å². The second-order valence-electron chi connectivity index (χ2n) is 4.77. The van der Waals surface area contributed by atoms with Crippen molar-refractivity contribution in [2.24, 2.45) is 0 Å². The average Bonchev–Trinajstić information content (AvgIpc) is 2.86. The number of nitrogens with zero attached hydrogens (tertiary/aromatic N) is 2. The van der Waals surface area contributed by atoms with E-state index in [-0.39, 0.29) is 13.2 Å². The zero-order valence-corrected chi connectivity index (χ0v) is 11.9. The second kappa shape index (κ2) is 5.73. The Morgan fingerprint density at radius 2 is 1.91 bits per heavy atom. The Morgan fingerprint density at radius 1 is 1.18 bits per heavy atom. The van der Waals surface area contributed by atoms with Crippen LogP contribution >= 0.6 is 0 Å². The second-order valence-corrected chi connectivity index (χ2v) is 4.77. The Balaban J connectivity index is 2.31. The van der Waals surface area contributed by atoms with Gasteiger partial charge >= 0.3 is 0 Å². The van der Waals surface area contributed by atoms with Crippen LogP contribution in [0.25, 0.3) is 22.4 Å². The molecule has 0 radical (unpaired) electrons. The largest absolute Gasteiger partial charge is 0.496 e. The highest BCUT2D eigenvalue weighted by atomic mass is 19.2. The highest BCUT2D eigenvalue weighted by molar-refractivity contribution is 5.82. The summed E-state index contributed by atoms with van der Waals surface area (Å²) in [4.78, 5) is 4.38. The summed E-state index contributed by atoms with van der Waals surface area (Å²) in [7, 11) is 1.54. The van der Waals surface area contributed by atoms with Crippen molar-refractivity contribution in [3.63, 3.8) is 0 Å². The Labute approximate surface area is 125 Å². The van der Waals surface area contributed by atoms with E-state index >= 15 is 0 Å². The highest BCUT2D eigenvalue weighted by Gasteiger charge is 2.17. The van der Waals surface area contributed by atoms with E-state index in [1.165, 1.54) is 7.11 Å². The zero-order chi connectivity index (χ0) is 15.7. The molecule has 0 unspecified atom stereocenters. The Kier molecular flexibility index (Phi) is 3.77. The number of rotatable bonds is 4. The molecule has 0 aliphatic rings. The third-order valence-electron chi connectivity index (χ3n) is 3.46. The summed E-state index contributed by atoms with van der Waals surface area (Å²) in [5.74, 6) is -0.810. The van der Waals surface area contributed by atoms with Gasteiger partial charge in [-0.2, -0.15) is 0 Å². The summed E-state index contributed by atoms with van der Waals surface area (Å²) in [6, 6.07) is 9.37. The van der Waals surface area contributed by atoms with Crippen molar-refractivity contribution in [3.8, 4) is 17.1 Å². The zero-order valence-electron chi connectivity index (χ0n) is 11.9. The molecule has 0 saturated carbocycles. The van der Waals surface area contributed by atoms with Gasteiger partial charge in [-0.3, -0.25) is 0 Å². The summed E-state index contributed by atoms with van der Waals surface area (Å²) in [5, 5.41) is 9.27. The summed E-state index contributed by atoms with van der Waals surface area (Å²) in [6.07, 6.45) is 0. The Morgan fingerprint density at radius 3 is 2.64 bits per heavy atom. The van der Waals surface area contributed by atoms with E-state index in [2.05, 4.69) is 4.98 Å². The van der Waals surface area contributed by atoms with Crippen LogP contribution in [0, 0.1) is 11.6 Å². The normalized spacial score (nSPS) is 11.1. The van der Waals surface area contributed by atoms with E-state index in [0.717, 1.165) is 12.1 Å². The van der Waals surface area contributed by atoms with Crippen LogP contribution in [0.2, 0.25) is 0 Å². The molecule has 0 aliphatic heterocycles. The van der Waals surface area contributed by atoms with Crippen molar-refractivity contribution in [1.82, 2.24) is 9.55 Å². The van der Waals surface area contributed by atoms with Crippen LogP contribution in [0.5, 0.6) is 5.75 Å². The van der Waals surface area contributed by atoms with Crippen LogP contribution in [-0.2, 0) is 6.54 Å². The van der Waals surface area contributed by atoms with Gasteiger partial charge in [0, 0.05) is 18.7 Å². The third-order valence-corrected chi connectivity index (χ3v) is 3.46. The smallest absolute Gasteiger partial charge is 0.161 e. The fraction of sp³-hybridized carbons (Fsp3) is 0.188. The molecule has 0 aliphatic carbocycles.